The van der Waals surface area contributed by atoms with Crippen molar-refractivity contribution in [2.75, 3.05) is 12.8 Å². The maximum absolute atomic E-state index is 5.42. The fraction of sp³-hybridized carbons (Fsp3) is 0.143. The third-order valence-electron chi connectivity index (χ3n) is 1.55. The van der Waals surface area contributed by atoms with Crippen molar-refractivity contribution in [3.05, 3.63) is 18.2 Å². The van der Waals surface area contributed by atoms with Crippen molar-refractivity contribution in [2.45, 2.75) is 0 Å². The third-order valence-corrected chi connectivity index (χ3v) is 1.55. The number of pyridine rings is 1. The van der Waals surface area contributed by atoms with E-state index in [0.29, 0.717) is 11.5 Å². The molecule has 0 bridgehead atoms. The van der Waals surface area contributed by atoms with Crippen LogP contribution in [0, 0.1) is 0 Å². The van der Waals surface area contributed by atoms with E-state index in [9.17, 15) is 0 Å². The molecule has 2 heterocycles. The first-order valence-electron chi connectivity index (χ1n) is 3.46. The van der Waals surface area contributed by atoms with Crippen LogP contribution < -0.4 is 10.5 Å². The Bertz CT molecular complexity index is 409. The highest BCUT2D eigenvalue weighted by molar-refractivity contribution is 5.44. The summed E-state index contributed by atoms with van der Waals surface area (Å²) in [7, 11) is 1.58. The van der Waals surface area contributed by atoms with Gasteiger partial charge in [-0.1, -0.05) is 6.07 Å². The lowest BCUT2D eigenvalue weighted by atomic mass is 10.5. The molecule has 2 aromatic heterocycles. The topological polar surface area (TPSA) is 65.4 Å². The molecule has 2 aromatic rings. The summed E-state index contributed by atoms with van der Waals surface area (Å²) in [6.45, 7) is 0. The van der Waals surface area contributed by atoms with Gasteiger partial charge in [0, 0.05) is 6.07 Å². The number of nitrogens with two attached hydrogens (primary N) is 1. The van der Waals surface area contributed by atoms with Gasteiger partial charge in [-0.2, -0.15) is 9.50 Å². The number of methoxy groups -OCH3 is 1. The van der Waals surface area contributed by atoms with Gasteiger partial charge < -0.3 is 10.5 Å². The van der Waals surface area contributed by atoms with Crippen molar-refractivity contribution in [2.24, 2.45) is 0 Å². The van der Waals surface area contributed by atoms with Gasteiger partial charge in [0.2, 0.25) is 11.8 Å². The molecular formula is C7H8N4O. The van der Waals surface area contributed by atoms with E-state index in [1.807, 2.05) is 12.1 Å². The highest BCUT2D eigenvalue weighted by atomic mass is 16.5. The number of ether oxygens (including phenoxy) is 1. The third kappa shape index (κ3) is 0.868. The molecule has 0 aromatic carbocycles. The number of hydrogen-bond acceptors (Lipinski definition) is 4. The van der Waals surface area contributed by atoms with Gasteiger partial charge in [-0.25, -0.2) is 0 Å². The quantitative estimate of drug-likeness (QED) is 0.659. The van der Waals surface area contributed by atoms with Crippen LogP contribution in [0.25, 0.3) is 5.65 Å². The summed E-state index contributed by atoms with van der Waals surface area (Å²) in [5, 5.41) is 3.94. The minimum Gasteiger partial charge on any atom is -0.481 e. The Morgan fingerprint density at radius 3 is 3.08 bits per heavy atom. The van der Waals surface area contributed by atoms with Crippen LogP contribution in [0.2, 0.25) is 0 Å². The molecule has 5 heteroatoms. The van der Waals surface area contributed by atoms with Crippen molar-refractivity contribution < 1.29 is 4.74 Å². The van der Waals surface area contributed by atoms with E-state index in [0.717, 1.165) is 0 Å². The number of anilines is 1. The standard InChI is InChI=1S/C7H8N4O/c1-12-6-4-2-3-5-9-7(8)10-11(5)6/h2-4H,1H3,(H2,8,10). The molecule has 0 saturated carbocycles. The van der Waals surface area contributed by atoms with Crippen LogP contribution in [0.5, 0.6) is 5.88 Å². The molecule has 12 heavy (non-hydrogen) atoms. The average molecular weight is 164 g/mol. The zero-order valence-electron chi connectivity index (χ0n) is 6.56. The SMILES string of the molecule is COc1cccc2nc(N)nn12. The first-order valence-corrected chi connectivity index (χ1v) is 3.46. The lowest BCUT2D eigenvalue weighted by molar-refractivity contribution is 0.386. The Balaban J connectivity index is 2.78. The van der Waals surface area contributed by atoms with E-state index in [-0.39, 0.29) is 5.95 Å². The zero-order valence-corrected chi connectivity index (χ0v) is 6.56. The van der Waals surface area contributed by atoms with E-state index in [1.54, 1.807) is 17.7 Å². The van der Waals surface area contributed by atoms with Gasteiger partial charge in [-0.05, 0) is 6.07 Å². The predicted octanol–water partition coefficient (Wildman–Crippen LogP) is 0.320. The van der Waals surface area contributed by atoms with Crippen molar-refractivity contribution >= 4 is 11.6 Å². The molecule has 62 valence electrons. The Morgan fingerprint density at radius 1 is 1.50 bits per heavy atom. The number of aromatic nitrogens is 3. The van der Waals surface area contributed by atoms with Gasteiger partial charge in [-0.3, -0.25) is 0 Å². The van der Waals surface area contributed by atoms with Crippen LogP contribution in [0.4, 0.5) is 5.95 Å². The molecule has 0 atom stereocenters. The van der Waals surface area contributed by atoms with E-state index < -0.39 is 0 Å². The van der Waals surface area contributed by atoms with Crippen LogP contribution in [-0.4, -0.2) is 21.7 Å². The van der Waals surface area contributed by atoms with E-state index >= 15 is 0 Å². The van der Waals surface area contributed by atoms with Crippen LogP contribution >= 0.6 is 0 Å². The van der Waals surface area contributed by atoms with Gasteiger partial charge in [0.15, 0.2) is 5.65 Å². The summed E-state index contributed by atoms with van der Waals surface area (Å²) in [4.78, 5) is 3.97. The van der Waals surface area contributed by atoms with Gasteiger partial charge in [0.05, 0.1) is 7.11 Å². The smallest absolute Gasteiger partial charge is 0.240 e. The second-order valence-electron chi connectivity index (χ2n) is 2.31. The maximum Gasteiger partial charge on any atom is 0.240 e. The number of nitrogen functional groups attached to an aromatic ring is 1. The lowest BCUT2D eigenvalue weighted by Gasteiger charge is -1.99. The number of rotatable bonds is 1. The summed E-state index contributed by atoms with van der Waals surface area (Å²) in [5.74, 6) is 0.871. The minimum atomic E-state index is 0.250. The molecule has 0 fully saturated rings. The van der Waals surface area contributed by atoms with Gasteiger partial charge in [0.25, 0.3) is 0 Å². The number of fused-ring (bicyclic) bond motifs is 1. The molecule has 0 amide bonds. The zero-order chi connectivity index (χ0) is 8.55. The molecule has 0 aliphatic carbocycles. The Hall–Kier alpha value is -1.78. The molecule has 0 radical (unpaired) electrons. The van der Waals surface area contributed by atoms with Crippen molar-refractivity contribution in [1.82, 2.24) is 14.6 Å². The summed E-state index contributed by atoms with van der Waals surface area (Å²) in [6.07, 6.45) is 0. The van der Waals surface area contributed by atoms with Crippen molar-refractivity contribution in [1.29, 1.82) is 0 Å². The molecule has 2 N–H and O–H groups in total. The van der Waals surface area contributed by atoms with Gasteiger partial charge in [0.1, 0.15) is 0 Å². The predicted molar refractivity (Wildman–Crippen MR) is 44.0 cm³/mol. The molecule has 0 aliphatic heterocycles. The summed E-state index contributed by atoms with van der Waals surface area (Å²) < 4.78 is 6.60. The highest BCUT2D eigenvalue weighted by Crippen LogP contribution is 2.12. The number of hydrogen-bond donors (Lipinski definition) is 1. The van der Waals surface area contributed by atoms with Gasteiger partial charge >= 0.3 is 0 Å². The van der Waals surface area contributed by atoms with Crippen LogP contribution in [-0.2, 0) is 0 Å². The average Bonchev–Trinajstić information content (AvgIpc) is 2.44. The summed E-state index contributed by atoms with van der Waals surface area (Å²) in [6, 6.07) is 5.44. The molecular weight excluding hydrogens is 156 g/mol. The van der Waals surface area contributed by atoms with Crippen LogP contribution in [0.15, 0.2) is 18.2 Å². The van der Waals surface area contributed by atoms with Gasteiger partial charge in [-0.15, -0.1) is 5.10 Å². The Morgan fingerprint density at radius 2 is 2.33 bits per heavy atom. The second-order valence-corrected chi connectivity index (χ2v) is 2.31. The van der Waals surface area contributed by atoms with Crippen LogP contribution in [0.3, 0.4) is 0 Å². The monoisotopic (exact) mass is 164 g/mol. The Kier molecular flexibility index (Phi) is 1.36. The maximum atomic E-state index is 5.42. The number of nitrogens with zero attached hydrogens (tertiary/aromatic N) is 3. The van der Waals surface area contributed by atoms with Crippen molar-refractivity contribution in [3.8, 4) is 5.88 Å². The fourth-order valence-corrected chi connectivity index (χ4v) is 1.05. The molecule has 2 rings (SSSR count). The van der Waals surface area contributed by atoms with Crippen LogP contribution in [0.1, 0.15) is 0 Å². The molecule has 5 nitrogen and oxygen atoms in total. The first-order chi connectivity index (χ1) is 5.81. The molecule has 0 spiro atoms. The molecule has 0 aliphatic rings. The largest absolute Gasteiger partial charge is 0.481 e. The van der Waals surface area contributed by atoms with E-state index in [1.165, 1.54) is 0 Å². The minimum absolute atomic E-state index is 0.250. The van der Waals surface area contributed by atoms with Crippen molar-refractivity contribution in [3.63, 3.8) is 0 Å². The van der Waals surface area contributed by atoms with E-state index in [4.69, 9.17) is 10.5 Å². The summed E-state index contributed by atoms with van der Waals surface area (Å²) in [5.41, 5.74) is 6.10. The fourth-order valence-electron chi connectivity index (χ4n) is 1.05. The first kappa shape index (κ1) is 6.90. The normalized spacial score (nSPS) is 10.4. The molecule has 0 saturated heterocycles. The Labute approximate surface area is 68.8 Å². The lowest BCUT2D eigenvalue weighted by Crippen LogP contribution is -1.95. The highest BCUT2D eigenvalue weighted by Gasteiger charge is 2.02. The second kappa shape index (κ2) is 2.37. The molecule has 0 unspecified atom stereocenters. The van der Waals surface area contributed by atoms with E-state index in [2.05, 4.69) is 10.1 Å². The summed E-state index contributed by atoms with van der Waals surface area (Å²) >= 11 is 0.